The van der Waals surface area contributed by atoms with Crippen molar-refractivity contribution in [1.29, 1.82) is 0 Å². The summed E-state index contributed by atoms with van der Waals surface area (Å²) in [7, 11) is -1.36. The zero-order chi connectivity index (χ0) is 13.4. The van der Waals surface area contributed by atoms with Gasteiger partial charge in [-0.25, -0.2) is 0 Å². The fraction of sp³-hybridized carbons (Fsp3) is 0.125. The van der Waals surface area contributed by atoms with Gasteiger partial charge in [0.15, 0.2) is 0 Å². The van der Waals surface area contributed by atoms with Crippen LogP contribution in [0.25, 0.3) is 21.5 Å². The number of hydrogen-bond acceptors (Lipinski definition) is 0. The molecule has 3 heteroatoms. The average molecular weight is 304 g/mol. The molecule has 0 N–H and O–H groups in total. The highest BCUT2D eigenvalue weighted by molar-refractivity contribution is 7.34. The first kappa shape index (κ1) is 13.0. The highest BCUT2D eigenvalue weighted by Crippen LogP contribution is 2.32. The van der Waals surface area contributed by atoms with Gasteiger partial charge in [-0.05, 0) is 39.2 Å². The lowest BCUT2D eigenvalue weighted by Crippen LogP contribution is -2.07. The molecule has 0 aliphatic carbocycles. The minimum Gasteiger partial charge on any atom is -0.146 e. The average Bonchev–Trinajstić information content (AvgIpc) is 2.43. The molecule has 0 saturated carbocycles. The summed E-state index contributed by atoms with van der Waals surface area (Å²) in [6.07, 6.45) is 0. The van der Waals surface area contributed by atoms with Crippen LogP contribution >= 0.6 is 22.2 Å². The summed E-state index contributed by atoms with van der Waals surface area (Å²) in [6, 6.07) is 19.3. The second-order valence-corrected chi connectivity index (χ2v) is 9.25. The Morgan fingerprint density at radius 2 is 1.47 bits per heavy atom. The SMILES string of the molecule is CC(c1cccc2cc3ccccc3cc12)[Si](Cl)Cl. The zero-order valence-corrected chi connectivity index (χ0v) is 13.0. The van der Waals surface area contributed by atoms with Crippen molar-refractivity contribution in [3.8, 4) is 0 Å². The maximum absolute atomic E-state index is 6.15. The monoisotopic (exact) mass is 303 g/mol. The fourth-order valence-electron chi connectivity index (χ4n) is 2.49. The molecule has 1 atom stereocenters. The molecule has 0 aromatic heterocycles. The Balaban J connectivity index is 2.32. The van der Waals surface area contributed by atoms with Gasteiger partial charge < -0.3 is 0 Å². The van der Waals surface area contributed by atoms with Crippen LogP contribution in [0.3, 0.4) is 0 Å². The topological polar surface area (TPSA) is 0 Å². The van der Waals surface area contributed by atoms with E-state index in [9.17, 15) is 0 Å². The van der Waals surface area contributed by atoms with Crippen molar-refractivity contribution >= 4 is 51.1 Å². The summed E-state index contributed by atoms with van der Waals surface area (Å²) >= 11 is 12.3. The van der Waals surface area contributed by atoms with Gasteiger partial charge in [-0.3, -0.25) is 0 Å². The van der Waals surface area contributed by atoms with Crippen LogP contribution in [0.5, 0.6) is 0 Å². The van der Waals surface area contributed by atoms with Crippen LogP contribution in [-0.4, -0.2) is 7.42 Å². The molecule has 0 bridgehead atoms. The second kappa shape index (κ2) is 5.16. The van der Waals surface area contributed by atoms with Gasteiger partial charge in [0.2, 0.25) is 0 Å². The summed E-state index contributed by atoms with van der Waals surface area (Å²) in [4.78, 5) is 0. The van der Waals surface area contributed by atoms with E-state index in [0.29, 0.717) is 0 Å². The molecule has 19 heavy (non-hydrogen) atoms. The summed E-state index contributed by atoms with van der Waals surface area (Å²) in [5, 5.41) is 5.03. The van der Waals surface area contributed by atoms with Crippen LogP contribution in [-0.2, 0) is 0 Å². The molecule has 0 nitrogen and oxygen atoms in total. The Hall–Kier alpha value is -1.02. The van der Waals surface area contributed by atoms with Gasteiger partial charge >= 0.3 is 0 Å². The quantitative estimate of drug-likeness (QED) is 0.328. The van der Waals surface area contributed by atoms with E-state index in [0.717, 1.165) is 0 Å². The molecule has 3 rings (SSSR count). The highest BCUT2D eigenvalue weighted by Gasteiger charge is 2.19. The maximum atomic E-state index is 6.15. The van der Waals surface area contributed by atoms with Crippen molar-refractivity contribution in [3.05, 3.63) is 60.2 Å². The first-order chi connectivity index (χ1) is 9.16. The van der Waals surface area contributed by atoms with E-state index >= 15 is 0 Å². The number of halogens is 2. The zero-order valence-electron chi connectivity index (χ0n) is 10.5. The van der Waals surface area contributed by atoms with E-state index in [1.165, 1.54) is 27.1 Å². The van der Waals surface area contributed by atoms with Crippen molar-refractivity contribution in [2.75, 3.05) is 0 Å². The molecule has 0 heterocycles. The largest absolute Gasteiger partial charge is 0.281 e. The molecule has 3 aromatic carbocycles. The number of fused-ring (bicyclic) bond motifs is 2. The minimum absolute atomic E-state index is 0.221. The number of hydrogen-bond donors (Lipinski definition) is 0. The molecule has 0 fully saturated rings. The van der Waals surface area contributed by atoms with Gasteiger partial charge in [-0.1, -0.05) is 49.4 Å². The third-order valence-corrected chi connectivity index (χ3v) is 6.50. The lowest BCUT2D eigenvalue weighted by molar-refractivity contribution is 1.09. The molecule has 0 aliphatic rings. The van der Waals surface area contributed by atoms with Crippen molar-refractivity contribution in [2.45, 2.75) is 12.5 Å². The molecule has 95 valence electrons. The molecular formula is C16H13Cl2Si. The molecule has 0 saturated heterocycles. The Bertz CT molecular complexity index is 737. The van der Waals surface area contributed by atoms with Crippen molar-refractivity contribution in [1.82, 2.24) is 0 Å². The summed E-state index contributed by atoms with van der Waals surface area (Å²) in [6.45, 7) is 2.11. The normalized spacial score (nSPS) is 13.3. The number of rotatable bonds is 2. The van der Waals surface area contributed by atoms with Crippen molar-refractivity contribution in [3.63, 3.8) is 0 Å². The van der Waals surface area contributed by atoms with Gasteiger partial charge in [0.25, 0.3) is 7.42 Å². The van der Waals surface area contributed by atoms with Gasteiger partial charge in [-0.2, -0.15) is 0 Å². The Morgan fingerprint density at radius 3 is 2.16 bits per heavy atom. The Kier molecular flexibility index (Phi) is 3.53. The third-order valence-electron chi connectivity index (χ3n) is 3.57. The van der Waals surface area contributed by atoms with Crippen LogP contribution in [0.4, 0.5) is 0 Å². The van der Waals surface area contributed by atoms with Crippen LogP contribution in [0.15, 0.2) is 54.6 Å². The lowest BCUT2D eigenvalue weighted by atomic mass is 9.98. The molecule has 3 aromatic rings. The number of benzene rings is 3. The van der Waals surface area contributed by atoms with Crippen LogP contribution in [0.2, 0.25) is 0 Å². The lowest BCUT2D eigenvalue weighted by Gasteiger charge is -2.14. The third kappa shape index (κ3) is 2.38. The molecule has 0 aliphatic heterocycles. The summed E-state index contributed by atoms with van der Waals surface area (Å²) in [5.74, 6) is 0. The first-order valence-electron chi connectivity index (χ1n) is 6.26. The standard InChI is InChI=1S/C16H13Cl2Si/c1-11(19(17)18)15-8-4-7-14-9-12-5-2-3-6-13(12)10-16(14)15/h2-11H,1H3. The van der Waals surface area contributed by atoms with Gasteiger partial charge in [0, 0.05) is 5.54 Å². The van der Waals surface area contributed by atoms with Crippen LogP contribution in [0, 0.1) is 0 Å². The van der Waals surface area contributed by atoms with E-state index in [4.69, 9.17) is 22.2 Å². The summed E-state index contributed by atoms with van der Waals surface area (Å²) < 4.78 is 0. The Labute approximate surface area is 124 Å². The van der Waals surface area contributed by atoms with E-state index in [-0.39, 0.29) is 5.54 Å². The summed E-state index contributed by atoms with van der Waals surface area (Å²) in [5.41, 5.74) is 1.47. The Morgan fingerprint density at radius 1 is 0.842 bits per heavy atom. The maximum Gasteiger partial charge on any atom is 0.281 e. The minimum atomic E-state index is -1.36. The highest BCUT2D eigenvalue weighted by atomic mass is 35.7. The van der Waals surface area contributed by atoms with Gasteiger partial charge in [0.05, 0.1) is 0 Å². The molecular weight excluding hydrogens is 291 g/mol. The predicted octanol–water partition coefficient (Wildman–Crippen LogP) is 5.60. The van der Waals surface area contributed by atoms with E-state index in [2.05, 4.69) is 61.5 Å². The molecule has 1 radical (unpaired) electrons. The van der Waals surface area contributed by atoms with Crippen molar-refractivity contribution in [2.24, 2.45) is 0 Å². The first-order valence-corrected chi connectivity index (χ1v) is 9.86. The smallest absolute Gasteiger partial charge is 0.146 e. The predicted molar refractivity (Wildman–Crippen MR) is 87.3 cm³/mol. The van der Waals surface area contributed by atoms with E-state index < -0.39 is 7.42 Å². The van der Waals surface area contributed by atoms with Crippen LogP contribution in [0.1, 0.15) is 18.0 Å². The fourth-order valence-corrected chi connectivity index (χ4v) is 3.68. The van der Waals surface area contributed by atoms with E-state index in [1.807, 2.05) is 0 Å². The van der Waals surface area contributed by atoms with Gasteiger partial charge in [-0.15, -0.1) is 22.2 Å². The van der Waals surface area contributed by atoms with E-state index in [1.54, 1.807) is 0 Å². The van der Waals surface area contributed by atoms with Crippen LogP contribution < -0.4 is 0 Å². The molecule has 1 unspecified atom stereocenters. The molecule has 0 spiro atoms. The van der Waals surface area contributed by atoms with Crippen molar-refractivity contribution < 1.29 is 0 Å². The molecule has 0 amide bonds. The second-order valence-electron chi connectivity index (χ2n) is 4.78. The van der Waals surface area contributed by atoms with Gasteiger partial charge in [0.1, 0.15) is 0 Å².